The Labute approximate surface area is 78.8 Å². The predicted molar refractivity (Wildman–Crippen MR) is 49.9 cm³/mol. The molecule has 0 amide bonds. The zero-order valence-electron chi connectivity index (χ0n) is 7.73. The molecule has 1 heterocycles. The van der Waals surface area contributed by atoms with E-state index in [9.17, 15) is 8.42 Å². The van der Waals surface area contributed by atoms with Gasteiger partial charge < -0.3 is 10.4 Å². The standard InChI is InChI=1S/C7H16N2O3S/c1-13(11,12)9-5-7(6-9)4-8-2-3-10/h7-8,10H,2-6H2,1H3. The van der Waals surface area contributed by atoms with Gasteiger partial charge in [0.25, 0.3) is 0 Å². The van der Waals surface area contributed by atoms with Crippen LogP contribution in [0.2, 0.25) is 0 Å². The molecule has 0 saturated carbocycles. The third kappa shape index (κ3) is 3.22. The number of sulfonamides is 1. The summed E-state index contributed by atoms with van der Waals surface area (Å²) in [6.07, 6.45) is 1.23. The highest BCUT2D eigenvalue weighted by Gasteiger charge is 2.32. The van der Waals surface area contributed by atoms with Gasteiger partial charge in [0.05, 0.1) is 12.9 Å². The number of hydrogen-bond donors (Lipinski definition) is 2. The molecule has 0 aromatic rings. The molecular formula is C7H16N2O3S. The largest absolute Gasteiger partial charge is 0.395 e. The van der Waals surface area contributed by atoms with Gasteiger partial charge in [0, 0.05) is 26.2 Å². The van der Waals surface area contributed by atoms with Crippen LogP contribution < -0.4 is 5.32 Å². The highest BCUT2D eigenvalue weighted by molar-refractivity contribution is 7.88. The van der Waals surface area contributed by atoms with Crippen LogP contribution in [0.5, 0.6) is 0 Å². The van der Waals surface area contributed by atoms with E-state index in [2.05, 4.69) is 5.32 Å². The van der Waals surface area contributed by atoms with Crippen molar-refractivity contribution >= 4 is 10.0 Å². The summed E-state index contributed by atoms with van der Waals surface area (Å²) in [4.78, 5) is 0. The molecule has 0 unspecified atom stereocenters. The van der Waals surface area contributed by atoms with E-state index in [0.717, 1.165) is 6.54 Å². The van der Waals surface area contributed by atoms with Crippen LogP contribution in [0.3, 0.4) is 0 Å². The van der Waals surface area contributed by atoms with Crippen molar-refractivity contribution < 1.29 is 13.5 Å². The molecule has 6 heteroatoms. The monoisotopic (exact) mass is 208 g/mol. The van der Waals surface area contributed by atoms with Gasteiger partial charge >= 0.3 is 0 Å². The summed E-state index contributed by atoms with van der Waals surface area (Å²) in [5.74, 6) is 0.404. The van der Waals surface area contributed by atoms with E-state index in [4.69, 9.17) is 5.11 Å². The van der Waals surface area contributed by atoms with Gasteiger partial charge in [-0.3, -0.25) is 0 Å². The molecule has 1 rings (SSSR count). The molecule has 13 heavy (non-hydrogen) atoms. The maximum Gasteiger partial charge on any atom is 0.211 e. The van der Waals surface area contributed by atoms with Crippen LogP contribution in [0.25, 0.3) is 0 Å². The lowest BCUT2D eigenvalue weighted by Gasteiger charge is -2.37. The Morgan fingerprint density at radius 1 is 1.54 bits per heavy atom. The van der Waals surface area contributed by atoms with Crippen molar-refractivity contribution in [2.75, 3.05) is 39.0 Å². The molecule has 0 aromatic carbocycles. The first-order valence-corrected chi connectivity index (χ1v) is 6.15. The summed E-state index contributed by atoms with van der Waals surface area (Å²) >= 11 is 0. The van der Waals surface area contributed by atoms with E-state index in [1.165, 1.54) is 10.6 Å². The molecule has 0 spiro atoms. The summed E-state index contributed by atoms with van der Waals surface area (Å²) in [6.45, 7) is 2.71. The zero-order chi connectivity index (χ0) is 9.90. The van der Waals surface area contributed by atoms with Crippen molar-refractivity contribution in [3.63, 3.8) is 0 Å². The number of rotatable bonds is 5. The average molecular weight is 208 g/mol. The van der Waals surface area contributed by atoms with Crippen LogP contribution in [0.1, 0.15) is 0 Å². The van der Waals surface area contributed by atoms with Crippen LogP contribution in [0.4, 0.5) is 0 Å². The van der Waals surface area contributed by atoms with Crippen molar-refractivity contribution in [3.8, 4) is 0 Å². The highest BCUT2D eigenvalue weighted by atomic mass is 32.2. The summed E-state index contributed by atoms with van der Waals surface area (Å²) in [6, 6.07) is 0. The van der Waals surface area contributed by atoms with Crippen LogP contribution in [0, 0.1) is 5.92 Å². The fourth-order valence-corrected chi connectivity index (χ4v) is 2.27. The van der Waals surface area contributed by atoms with Gasteiger partial charge in [0.2, 0.25) is 10.0 Å². The molecule has 0 aromatic heterocycles. The topological polar surface area (TPSA) is 69.6 Å². The van der Waals surface area contributed by atoms with Gasteiger partial charge in [-0.2, -0.15) is 0 Å². The molecule has 2 N–H and O–H groups in total. The Morgan fingerprint density at radius 3 is 2.62 bits per heavy atom. The molecule has 1 saturated heterocycles. The van der Waals surface area contributed by atoms with Gasteiger partial charge in [-0.25, -0.2) is 12.7 Å². The Morgan fingerprint density at radius 2 is 2.15 bits per heavy atom. The normalized spacial score (nSPS) is 20.2. The van der Waals surface area contributed by atoms with Crippen LogP contribution in [-0.4, -0.2) is 56.9 Å². The highest BCUT2D eigenvalue weighted by Crippen LogP contribution is 2.17. The molecular weight excluding hydrogens is 192 g/mol. The molecule has 0 aliphatic carbocycles. The van der Waals surface area contributed by atoms with Gasteiger partial charge in [-0.05, 0) is 5.92 Å². The van der Waals surface area contributed by atoms with Crippen LogP contribution in [-0.2, 0) is 10.0 Å². The lowest BCUT2D eigenvalue weighted by molar-refractivity contribution is 0.192. The van der Waals surface area contributed by atoms with E-state index in [1.807, 2.05) is 0 Å². The number of hydrogen-bond acceptors (Lipinski definition) is 4. The van der Waals surface area contributed by atoms with Crippen molar-refractivity contribution in [2.45, 2.75) is 0 Å². The first-order chi connectivity index (χ1) is 6.04. The van der Waals surface area contributed by atoms with E-state index >= 15 is 0 Å². The lowest BCUT2D eigenvalue weighted by atomic mass is 10.0. The molecule has 0 atom stereocenters. The number of nitrogens with one attached hydrogen (secondary N) is 1. The van der Waals surface area contributed by atoms with E-state index in [1.54, 1.807) is 0 Å². The Kier molecular flexibility index (Phi) is 3.66. The third-order valence-electron chi connectivity index (χ3n) is 2.11. The van der Waals surface area contributed by atoms with Crippen molar-refractivity contribution in [1.82, 2.24) is 9.62 Å². The fourth-order valence-electron chi connectivity index (χ4n) is 1.31. The van der Waals surface area contributed by atoms with E-state index in [0.29, 0.717) is 25.6 Å². The molecule has 0 bridgehead atoms. The SMILES string of the molecule is CS(=O)(=O)N1CC(CNCCO)C1. The number of aliphatic hydroxyl groups is 1. The molecule has 1 fully saturated rings. The number of aliphatic hydroxyl groups excluding tert-OH is 1. The second kappa shape index (κ2) is 4.36. The minimum Gasteiger partial charge on any atom is -0.395 e. The van der Waals surface area contributed by atoms with Gasteiger partial charge in [0.15, 0.2) is 0 Å². The maximum absolute atomic E-state index is 11.0. The summed E-state index contributed by atoms with van der Waals surface area (Å²) in [7, 11) is -2.97. The summed E-state index contributed by atoms with van der Waals surface area (Å²) in [5, 5.41) is 11.5. The van der Waals surface area contributed by atoms with Crippen molar-refractivity contribution in [3.05, 3.63) is 0 Å². The van der Waals surface area contributed by atoms with Crippen molar-refractivity contribution in [1.29, 1.82) is 0 Å². The predicted octanol–water partition coefficient (Wildman–Crippen LogP) is -1.54. The van der Waals surface area contributed by atoms with Gasteiger partial charge in [0.1, 0.15) is 0 Å². The molecule has 78 valence electrons. The van der Waals surface area contributed by atoms with Crippen LogP contribution >= 0.6 is 0 Å². The second-order valence-electron chi connectivity index (χ2n) is 3.37. The van der Waals surface area contributed by atoms with E-state index in [-0.39, 0.29) is 6.61 Å². The maximum atomic E-state index is 11.0. The molecule has 5 nitrogen and oxygen atoms in total. The first-order valence-electron chi connectivity index (χ1n) is 4.30. The van der Waals surface area contributed by atoms with Crippen molar-refractivity contribution in [2.24, 2.45) is 5.92 Å². The van der Waals surface area contributed by atoms with E-state index < -0.39 is 10.0 Å². The number of nitrogens with zero attached hydrogens (tertiary/aromatic N) is 1. The zero-order valence-corrected chi connectivity index (χ0v) is 8.55. The third-order valence-corrected chi connectivity index (χ3v) is 3.35. The summed E-state index contributed by atoms with van der Waals surface area (Å²) < 4.78 is 23.4. The Balaban J connectivity index is 2.12. The Hall–Kier alpha value is -0.170. The van der Waals surface area contributed by atoms with Gasteiger partial charge in [-0.1, -0.05) is 0 Å². The smallest absolute Gasteiger partial charge is 0.211 e. The second-order valence-corrected chi connectivity index (χ2v) is 5.36. The van der Waals surface area contributed by atoms with Gasteiger partial charge in [-0.15, -0.1) is 0 Å². The minimum absolute atomic E-state index is 0.127. The molecule has 1 aliphatic heterocycles. The summed E-state index contributed by atoms with van der Waals surface area (Å²) in [5.41, 5.74) is 0. The molecule has 1 aliphatic rings. The first kappa shape index (κ1) is 10.9. The Bertz CT molecular complexity index is 246. The fraction of sp³-hybridized carbons (Fsp3) is 1.00. The molecule has 0 radical (unpaired) electrons. The quantitative estimate of drug-likeness (QED) is 0.537. The average Bonchev–Trinajstić information content (AvgIpc) is 1.91. The minimum atomic E-state index is -2.97. The van der Waals surface area contributed by atoms with Crippen LogP contribution in [0.15, 0.2) is 0 Å². The lowest BCUT2D eigenvalue weighted by Crippen LogP contribution is -2.52.